The van der Waals surface area contributed by atoms with E-state index in [1.807, 2.05) is 42.5 Å². The summed E-state index contributed by atoms with van der Waals surface area (Å²) in [6.45, 7) is 3.34. The lowest BCUT2D eigenvalue weighted by atomic mass is 9.84. The van der Waals surface area contributed by atoms with Gasteiger partial charge in [0.2, 0.25) is 0 Å². The molecule has 0 aromatic heterocycles. The molecule has 0 aliphatic carbocycles. The zero-order valence-corrected chi connectivity index (χ0v) is 15.9. The van der Waals surface area contributed by atoms with Crippen LogP contribution in [-0.2, 0) is 0 Å². The molecule has 3 fully saturated rings. The molecule has 3 aliphatic rings. The van der Waals surface area contributed by atoms with Gasteiger partial charge in [0.05, 0.1) is 14.2 Å². The largest absolute Gasteiger partial charge is 0.493 e. The molecule has 1 amide bonds. The maximum Gasteiger partial charge on any atom is 0.251 e. The number of carbonyl (C=O) groups is 1. The van der Waals surface area contributed by atoms with E-state index in [-0.39, 0.29) is 11.9 Å². The van der Waals surface area contributed by atoms with E-state index in [0.29, 0.717) is 23.0 Å². The minimum Gasteiger partial charge on any atom is -0.493 e. The predicted octanol–water partition coefficient (Wildman–Crippen LogP) is 3.19. The van der Waals surface area contributed by atoms with E-state index in [4.69, 9.17) is 9.47 Å². The topological polar surface area (TPSA) is 50.8 Å². The fraction of sp³-hybridized carbons (Fsp3) is 0.409. The highest BCUT2D eigenvalue weighted by Crippen LogP contribution is 2.32. The van der Waals surface area contributed by atoms with Crippen molar-refractivity contribution in [1.29, 1.82) is 0 Å². The average molecular weight is 366 g/mol. The molecule has 0 spiro atoms. The first-order valence-electron chi connectivity index (χ1n) is 9.53. The van der Waals surface area contributed by atoms with Crippen molar-refractivity contribution in [3.05, 3.63) is 48.0 Å². The Balaban J connectivity index is 1.46. The molecule has 2 aromatic rings. The number of benzene rings is 2. The molecule has 1 atom stereocenters. The van der Waals surface area contributed by atoms with Gasteiger partial charge in [-0.1, -0.05) is 18.2 Å². The summed E-state index contributed by atoms with van der Waals surface area (Å²) in [6.07, 6.45) is 2.40. The SMILES string of the molecule is COc1ccc(-c2ccc(C(=O)N[C@@H]3CN4CCC3CC4)cc2)cc1OC. The van der Waals surface area contributed by atoms with E-state index < -0.39 is 0 Å². The van der Waals surface area contributed by atoms with Crippen LogP contribution < -0.4 is 14.8 Å². The monoisotopic (exact) mass is 366 g/mol. The van der Waals surface area contributed by atoms with Crippen molar-refractivity contribution in [3.63, 3.8) is 0 Å². The predicted molar refractivity (Wildman–Crippen MR) is 105 cm³/mol. The van der Waals surface area contributed by atoms with Crippen LogP contribution in [-0.4, -0.2) is 50.7 Å². The van der Waals surface area contributed by atoms with Gasteiger partial charge in [0.1, 0.15) is 0 Å². The highest BCUT2D eigenvalue weighted by molar-refractivity contribution is 5.95. The Kier molecular flexibility index (Phi) is 5.03. The Bertz CT molecular complexity index is 811. The number of fused-ring (bicyclic) bond motifs is 3. The van der Waals surface area contributed by atoms with Crippen LogP contribution in [0.3, 0.4) is 0 Å². The minimum atomic E-state index is 0.0209. The summed E-state index contributed by atoms with van der Waals surface area (Å²) in [7, 11) is 3.25. The Labute approximate surface area is 160 Å². The van der Waals surface area contributed by atoms with Crippen molar-refractivity contribution >= 4 is 5.91 Å². The normalized spacial score (nSPS) is 23.7. The fourth-order valence-corrected chi connectivity index (χ4v) is 4.21. The molecule has 5 heteroatoms. The van der Waals surface area contributed by atoms with E-state index in [1.54, 1.807) is 14.2 Å². The number of hydrogen-bond acceptors (Lipinski definition) is 4. The molecule has 0 saturated carbocycles. The number of methoxy groups -OCH3 is 2. The van der Waals surface area contributed by atoms with Gasteiger partial charge >= 0.3 is 0 Å². The second-order valence-electron chi connectivity index (χ2n) is 7.37. The first-order valence-corrected chi connectivity index (χ1v) is 9.53. The molecule has 0 unspecified atom stereocenters. The molecular weight excluding hydrogens is 340 g/mol. The number of nitrogens with one attached hydrogen (secondary N) is 1. The standard InChI is InChI=1S/C22H26N2O3/c1-26-20-8-7-18(13-21(20)27-2)15-3-5-17(6-4-15)22(25)23-19-14-24-11-9-16(19)10-12-24/h3-8,13,16,19H,9-12,14H2,1-2H3,(H,23,25)/t19-/m1/s1. The number of piperidine rings is 3. The number of rotatable bonds is 5. The second-order valence-corrected chi connectivity index (χ2v) is 7.37. The molecule has 3 aliphatic heterocycles. The summed E-state index contributed by atoms with van der Waals surface area (Å²) in [5.41, 5.74) is 2.77. The zero-order chi connectivity index (χ0) is 18.8. The van der Waals surface area contributed by atoms with Crippen molar-refractivity contribution in [2.45, 2.75) is 18.9 Å². The molecule has 5 rings (SSSR count). The van der Waals surface area contributed by atoms with Crippen LogP contribution in [0.1, 0.15) is 23.2 Å². The first-order chi connectivity index (χ1) is 13.2. The van der Waals surface area contributed by atoms with Crippen LogP contribution in [0.2, 0.25) is 0 Å². The molecule has 5 nitrogen and oxygen atoms in total. The van der Waals surface area contributed by atoms with Gasteiger partial charge in [-0.25, -0.2) is 0 Å². The van der Waals surface area contributed by atoms with Gasteiger partial charge in [-0.05, 0) is 67.2 Å². The summed E-state index contributed by atoms with van der Waals surface area (Å²) in [6, 6.07) is 13.9. The van der Waals surface area contributed by atoms with Crippen molar-refractivity contribution in [1.82, 2.24) is 10.2 Å². The van der Waals surface area contributed by atoms with Crippen LogP contribution in [0, 0.1) is 5.92 Å². The van der Waals surface area contributed by atoms with Crippen LogP contribution >= 0.6 is 0 Å². The molecule has 1 N–H and O–H groups in total. The van der Waals surface area contributed by atoms with Gasteiger partial charge in [0, 0.05) is 18.2 Å². The first kappa shape index (κ1) is 17.9. The number of hydrogen-bond donors (Lipinski definition) is 1. The zero-order valence-electron chi connectivity index (χ0n) is 15.9. The van der Waals surface area contributed by atoms with Crippen LogP contribution in [0.15, 0.2) is 42.5 Å². The van der Waals surface area contributed by atoms with E-state index in [1.165, 1.54) is 25.9 Å². The lowest BCUT2D eigenvalue weighted by Crippen LogP contribution is -2.57. The quantitative estimate of drug-likeness (QED) is 0.883. The summed E-state index contributed by atoms with van der Waals surface area (Å²) in [5, 5.41) is 3.24. The van der Waals surface area contributed by atoms with E-state index in [9.17, 15) is 4.79 Å². The number of carbonyl (C=O) groups excluding carboxylic acids is 1. The Morgan fingerprint density at radius 1 is 0.963 bits per heavy atom. The third-order valence-electron chi connectivity index (χ3n) is 5.84. The molecule has 0 radical (unpaired) electrons. The fourth-order valence-electron chi connectivity index (χ4n) is 4.21. The molecule has 2 bridgehead atoms. The van der Waals surface area contributed by atoms with E-state index >= 15 is 0 Å². The van der Waals surface area contributed by atoms with Crippen molar-refractivity contribution < 1.29 is 14.3 Å². The van der Waals surface area contributed by atoms with Crippen LogP contribution in [0.5, 0.6) is 11.5 Å². The molecule has 2 aromatic carbocycles. The summed E-state index contributed by atoms with van der Waals surface area (Å²) < 4.78 is 10.7. The van der Waals surface area contributed by atoms with Crippen molar-refractivity contribution in [2.75, 3.05) is 33.9 Å². The highest BCUT2D eigenvalue weighted by atomic mass is 16.5. The van der Waals surface area contributed by atoms with Gasteiger partial charge in [-0.3, -0.25) is 4.79 Å². The smallest absolute Gasteiger partial charge is 0.251 e. The number of nitrogens with zero attached hydrogens (tertiary/aromatic N) is 1. The third-order valence-corrected chi connectivity index (χ3v) is 5.84. The summed E-state index contributed by atoms with van der Waals surface area (Å²) >= 11 is 0. The van der Waals surface area contributed by atoms with Gasteiger partial charge in [-0.15, -0.1) is 0 Å². The molecule has 27 heavy (non-hydrogen) atoms. The third kappa shape index (κ3) is 3.65. The number of amides is 1. The van der Waals surface area contributed by atoms with E-state index in [2.05, 4.69) is 10.2 Å². The van der Waals surface area contributed by atoms with Gasteiger partial charge in [0.15, 0.2) is 11.5 Å². The second kappa shape index (κ2) is 7.61. The van der Waals surface area contributed by atoms with E-state index in [0.717, 1.165) is 17.7 Å². The van der Waals surface area contributed by atoms with Gasteiger partial charge in [0.25, 0.3) is 5.91 Å². The maximum atomic E-state index is 12.7. The number of ether oxygens (including phenoxy) is 2. The molecule has 142 valence electrons. The van der Waals surface area contributed by atoms with Crippen molar-refractivity contribution in [2.24, 2.45) is 5.92 Å². The minimum absolute atomic E-state index is 0.0209. The Hall–Kier alpha value is -2.53. The maximum absolute atomic E-state index is 12.7. The van der Waals surface area contributed by atoms with Gasteiger partial charge in [-0.2, -0.15) is 0 Å². The lowest BCUT2D eigenvalue weighted by molar-refractivity contribution is 0.0620. The molecule has 3 saturated heterocycles. The summed E-state index contributed by atoms with van der Waals surface area (Å²) in [5.74, 6) is 2.05. The molecule has 3 heterocycles. The highest BCUT2D eigenvalue weighted by Gasteiger charge is 2.34. The van der Waals surface area contributed by atoms with Gasteiger partial charge < -0.3 is 19.7 Å². The van der Waals surface area contributed by atoms with Crippen LogP contribution in [0.25, 0.3) is 11.1 Å². The Morgan fingerprint density at radius 3 is 2.22 bits per heavy atom. The van der Waals surface area contributed by atoms with Crippen molar-refractivity contribution in [3.8, 4) is 22.6 Å². The average Bonchev–Trinajstić information content (AvgIpc) is 2.74. The molecular formula is C22H26N2O3. The summed E-state index contributed by atoms with van der Waals surface area (Å²) in [4.78, 5) is 15.1. The Morgan fingerprint density at radius 2 is 1.63 bits per heavy atom. The van der Waals surface area contributed by atoms with Crippen LogP contribution in [0.4, 0.5) is 0 Å². The lowest BCUT2D eigenvalue weighted by Gasteiger charge is -2.44.